The molecule has 19 heavy (non-hydrogen) atoms. The van der Waals surface area contributed by atoms with E-state index in [0.29, 0.717) is 30.3 Å². The van der Waals surface area contributed by atoms with Crippen LogP contribution in [0.5, 0.6) is 0 Å². The van der Waals surface area contributed by atoms with E-state index in [9.17, 15) is 9.59 Å². The largest absolute Gasteiger partial charge is 0.469 e. The van der Waals surface area contributed by atoms with Crippen LogP contribution in [-0.2, 0) is 16.1 Å². The fourth-order valence-electron chi connectivity index (χ4n) is 1.81. The van der Waals surface area contributed by atoms with Gasteiger partial charge in [-0.05, 0) is 34.5 Å². The second-order valence-electron chi connectivity index (χ2n) is 4.06. The average Bonchev–Trinajstić information content (AvgIpc) is 2.42. The molecule has 0 radical (unpaired) electrons. The van der Waals surface area contributed by atoms with Crippen LogP contribution in [0.15, 0.2) is 33.8 Å². The van der Waals surface area contributed by atoms with Gasteiger partial charge in [0.05, 0.1) is 24.3 Å². The van der Waals surface area contributed by atoms with Crippen LogP contribution in [0.4, 0.5) is 0 Å². The molecule has 0 saturated carbocycles. The molecule has 1 heterocycles. The first kappa shape index (κ1) is 13.7. The summed E-state index contributed by atoms with van der Waals surface area (Å²) in [5, 5.41) is 0.565. The van der Waals surface area contributed by atoms with E-state index < -0.39 is 0 Å². The number of fused-ring (bicyclic) bond motifs is 1. The number of esters is 1. The maximum absolute atomic E-state index is 12.2. The van der Waals surface area contributed by atoms with E-state index in [2.05, 4.69) is 25.7 Å². The molecule has 0 fully saturated rings. The van der Waals surface area contributed by atoms with Gasteiger partial charge in [-0.25, -0.2) is 4.98 Å². The molecule has 0 atom stereocenters. The predicted octanol–water partition coefficient (Wildman–Crippen LogP) is 2.11. The number of nitrogens with zero attached hydrogens (tertiary/aromatic N) is 2. The summed E-state index contributed by atoms with van der Waals surface area (Å²) in [5.41, 5.74) is 0.549. The van der Waals surface area contributed by atoms with E-state index >= 15 is 0 Å². The van der Waals surface area contributed by atoms with Gasteiger partial charge in [0.2, 0.25) is 0 Å². The summed E-state index contributed by atoms with van der Waals surface area (Å²) in [6, 6.07) is 5.39. The maximum Gasteiger partial charge on any atom is 0.305 e. The first-order chi connectivity index (χ1) is 9.13. The van der Waals surface area contributed by atoms with Crippen LogP contribution in [0.1, 0.15) is 12.8 Å². The Morgan fingerprint density at radius 3 is 3.00 bits per heavy atom. The quantitative estimate of drug-likeness (QED) is 0.808. The van der Waals surface area contributed by atoms with E-state index in [-0.39, 0.29) is 11.5 Å². The van der Waals surface area contributed by atoms with Crippen molar-refractivity contribution in [1.29, 1.82) is 0 Å². The SMILES string of the molecule is COC(=O)CCCn1cnc2c(Br)cccc2c1=O. The zero-order valence-corrected chi connectivity index (χ0v) is 12.0. The minimum absolute atomic E-state index is 0.101. The van der Waals surface area contributed by atoms with Crippen molar-refractivity contribution in [2.24, 2.45) is 0 Å². The number of aryl methyl sites for hydroxylation is 1. The van der Waals surface area contributed by atoms with Gasteiger partial charge in [-0.15, -0.1) is 0 Å². The molecule has 2 aromatic rings. The Morgan fingerprint density at radius 2 is 2.26 bits per heavy atom. The molecule has 6 heteroatoms. The Morgan fingerprint density at radius 1 is 1.47 bits per heavy atom. The lowest BCUT2D eigenvalue weighted by Gasteiger charge is -2.06. The molecule has 0 amide bonds. The lowest BCUT2D eigenvalue weighted by Crippen LogP contribution is -2.21. The van der Waals surface area contributed by atoms with Gasteiger partial charge in [-0.3, -0.25) is 14.2 Å². The third-order valence-corrected chi connectivity index (χ3v) is 3.45. The number of halogens is 1. The lowest BCUT2D eigenvalue weighted by atomic mass is 10.2. The molecule has 0 saturated heterocycles. The summed E-state index contributed by atoms with van der Waals surface area (Å²) in [6.45, 7) is 0.448. The van der Waals surface area contributed by atoms with E-state index in [1.165, 1.54) is 18.0 Å². The number of rotatable bonds is 4. The van der Waals surface area contributed by atoms with Crippen molar-refractivity contribution in [2.45, 2.75) is 19.4 Å². The number of hydrogen-bond donors (Lipinski definition) is 0. The van der Waals surface area contributed by atoms with Crippen molar-refractivity contribution < 1.29 is 9.53 Å². The summed E-state index contributed by atoms with van der Waals surface area (Å²) in [5.74, 6) is -0.274. The van der Waals surface area contributed by atoms with Gasteiger partial charge in [0.25, 0.3) is 5.56 Å². The van der Waals surface area contributed by atoms with Gasteiger partial charge < -0.3 is 4.74 Å². The molecule has 0 spiro atoms. The number of ether oxygens (including phenoxy) is 1. The Bertz CT molecular complexity index is 666. The number of hydrogen-bond acceptors (Lipinski definition) is 4. The number of aromatic nitrogens is 2. The molecule has 0 unspecified atom stereocenters. The number of carbonyl (C=O) groups excluding carboxylic acids is 1. The van der Waals surface area contributed by atoms with Crippen molar-refractivity contribution in [3.8, 4) is 0 Å². The number of benzene rings is 1. The molecule has 100 valence electrons. The molecular formula is C13H13BrN2O3. The minimum Gasteiger partial charge on any atom is -0.469 e. The average molecular weight is 325 g/mol. The number of para-hydroxylation sites is 1. The molecule has 0 N–H and O–H groups in total. The fourth-order valence-corrected chi connectivity index (χ4v) is 2.28. The maximum atomic E-state index is 12.2. The Kier molecular flexibility index (Phi) is 4.31. The van der Waals surface area contributed by atoms with Crippen LogP contribution in [0.25, 0.3) is 10.9 Å². The smallest absolute Gasteiger partial charge is 0.305 e. The van der Waals surface area contributed by atoms with Crippen molar-refractivity contribution >= 4 is 32.8 Å². The molecule has 0 aliphatic carbocycles. The molecule has 0 aliphatic rings. The van der Waals surface area contributed by atoms with Crippen molar-refractivity contribution in [3.63, 3.8) is 0 Å². The second-order valence-corrected chi connectivity index (χ2v) is 4.91. The van der Waals surface area contributed by atoms with E-state index in [1.807, 2.05) is 6.07 Å². The molecule has 0 bridgehead atoms. The summed E-state index contributed by atoms with van der Waals surface area (Å²) < 4.78 is 6.86. The van der Waals surface area contributed by atoms with Crippen molar-refractivity contribution in [3.05, 3.63) is 39.4 Å². The summed E-state index contributed by atoms with van der Waals surface area (Å²) in [7, 11) is 1.35. The highest BCUT2D eigenvalue weighted by molar-refractivity contribution is 9.10. The first-order valence-electron chi connectivity index (χ1n) is 5.84. The Labute approximate surface area is 118 Å². The standard InChI is InChI=1S/C13H13BrN2O3/c1-19-11(17)6-3-7-16-8-15-12-9(13(16)18)4-2-5-10(12)14/h2,4-5,8H,3,6-7H2,1H3. The highest BCUT2D eigenvalue weighted by atomic mass is 79.9. The van der Waals surface area contributed by atoms with E-state index in [0.717, 1.165) is 4.47 Å². The summed E-state index contributed by atoms with van der Waals surface area (Å²) >= 11 is 3.36. The van der Waals surface area contributed by atoms with E-state index in [4.69, 9.17) is 0 Å². The zero-order chi connectivity index (χ0) is 13.8. The first-order valence-corrected chi connectivity index (χ1v) is 6.63. The van der Waals surface area contributed by atoms with Crippen LogP contribution in [0.2, 0.25) is 0 Å². The van der Waals surface area contributed by atoms with Crippen LogP contribution in [0.3, 0.4) is 0 Å². The number of methoxy groups -OCH3 is 1. The molecular weight excluding hydrogens is 312 g/mol. The highest BCUT2D eigenvalue weighted by Gasteiger charge is 2.07. The molecule has 2 rings (SSSR count). The summed E-state index contributed by atoms with van der Waals surface area (Å²) in [6.07, 6.45) is 2.35. The van der Waals surface area contributed by atoms with Gasteiger partial charge in [-0.2, -0.15) is 0 Å². The van der Waals surface area contributed by atoms with Crippen LogP contribution in [0, 0.1) is 0 Å². The van der Waals surface area contributed by atoms with Crippen LogP contribution in [-0.4, -0.2) is 22.6 Å². The van der Waals surface area contributed by atoms with Crippen molar-refractivity contribution in [2.75, 3.05) is 7.11 Å². The minimum atomic E-state index is -0.274. The number of carbonyl (C=O) groups is 1. The van der Waals surface area contributed by atoms with Gasteiger partial charge in [0.1, 0.15) is 0 Å². The zero-order valence-electron chi connectivity index (χ0n) is 10.4. The predicted molar refractivity (Wildman–Crippen MR) is 75.0 cm³/mol. The van der Waals surface area contributed by atoms with Crippen LogP contribution >= 0.6 is 15.9 Å². The summed E-state index contributed by atoms with van der Waals surface area (Å²) in [4.78, 5) is 27.5. The molecule has 1 aromatic heterocycles. The molecule has 1 aromatic carbocycles. The Balaban J connectivity index is 2.24. The topological polar surface area (TPSA) is 61.2 Å². The lowest BCUT2D eigenvalue weighted by molar-refractivity contribution is -0.140. The van der Waals surface area contributed by atoms with Gasteiger partial charge in [0, 0.05) is 17.4 Å². The highest BCUT2D eigenvalue weighted by Crippen LogP contribution is 2.18. The Hall–Kier alpha value is -1.69. The van der Waals surface area contributed by atoms with Crippen LogP contribution < -0.4 is 5.56 Å². The van der Waals surface area contributed by atoms with E-state index in [1.54, 1.807) is 12.1 Å². The fraction of sp³-hybridized carbons (Fsp3) is 0.308. The van der Waals surface area contributed by atoms with Gasteiger partial charge in [0.15, 0.2) is 0 Å². The monoisotopic (exact) mass is 324 g/mol. The van der Waals surface area contributed by atoms with Gasteiger partial charge >= 0.3 is 5.97 Å². The third-order valence-electron chi connectivity index (χ3n) is 2.81. The van der Waals surface area contributed by atoms with Crippen molar-refractivity contribution in [1.82, 2.24) is 9.55 Å². The second kappa shape index (κ2) is 5.97. The van der Waals surface area contributed by atoms with Gasteiger partial charge in [-0.1, -0.05) is 6.07 Å². The molecule has 0 aliphatic heterocycles. The normalized spacial score (nSPS) is 10.6. The molecule has 5 nitrogen and oxygen atoms in total. The third kappa shape index (κ3) is 3.01.